The summed E-state index contributed by atoms with van der Waals surface area (Å²) in [6, 6.07) is 0.0435. The molecule has 2 heterocycles. The quantitative estimate of drug-likeness (QED) is 0.604. The Hall–Kier alpha value is -1.78. The number of nitrogens with zero attached hydrogens (tertiary/aromatic N) is 4. The smallest absolute Gasteiger partial charge is 0.410 e. The second kappa shape index (κ2) is 8.54. The standard InChI is InChI=1S/C16H24N4O4.Li/c1-16(2,3)24-15(22)19(4)11-6-7-20(10-11)13-9-17-12(8-18-13)14(21)23-5;/h8-9,11H,6-7,10H2,1-5H3;/t11-;/m1./s1. The number of likely N-dealkylation sites (N-methyl/N-ethyl adjacent to an activating group) is 1. The third-order valence-corrected chi connectivity index (χ3v) is 3.75. The number of aromatic nitrogens is 2. The Kier molecular flexibility index (Phi) is 7.26. The SMILES string of the molecule is COC(=O)c1cnc(N2CC[C@@H](N(C)C(=O)OC(C)(C)C)C2)cn1.[Li]. The minimum absolute atomic E-state index is 0. The molecular weight excluding hydrogens is 319 g/mol. The zero-order chi connectivity index (χ0) is 17.9. The molecule has 25 heavy (non-hydrogen) atoms. The maximum Gasteiger partial charge on any atom is 0.410 e. The molecule has 0 aromatic carbocycles. The van der Waals surface area contributed by atoms with Crippen LogP contribution in [-0.2, 0) is 9.47 Å². The van der Waals surface area contributed by atoms with Crippen molar-refractivity contribution in [1.29, 1.82) is 0 Å². The summed E-state index contributed by atoms with van der Waals surface area (Å²) >= 11 is 0. The number of esters is 1. The Morgan fingerprint density at radius 1 is 1.28 bits per heavy atom. The topological polar surface area (TPSA) is 84.9 Å². The molecule has 1 radical (unpaired) electrons. The first kappa shape index (κ1) is 21.3. The predicted octanol–water partition coefficient (Wildman–Crippen LogP) is 1.33. The molecule has 1 fully saturated rings. The Bertz CT molecular complexity index is 603. The van der Waals surface area contributed by atoms with Gasteiger partial charge in [-0.2, -0.15) is 0 Å². The van der Waals surface area contributed by atoms with Gasteiger partial charge < -0.3 is 19.3 Å². The first-order valence-electron chi connectivity index (χ1n) is 7.82. The molecule has 133 valence electrons. The third kappa shape index (κ3) is 5.61. The Balaban J connectivity index is 0.00000312. The average Bonchev–Trinajstić information content (AvgIpc) is 3.01. The summed E-state index contributed by atoms with van der Waals surface area (Å²) < 4.78 is 10.00. The van der Waals surface area contributed by atoms with Crippen LogP contribution in [0.15, 0.2) is 12.4 Å². The van der Waals surface area contributed by atoms with Gasteiger partial charge in [-0.05, 0) is 27.2 Å². The summed E-state index contributed by atoms with van der Waals surface area (Å²) in [4.78, 5) is 35.5. The molecule has 1 aliphatic heterocycles. The van der Waals surface area contributed by atoms with Gasteiger partial charge in [0.05, 0.1) is 25.5 Å². The summed E-state index contributed by atoms with van der Waals surface area (Å²) in [6.07, 6.45) is 3.42. The van der Waals surface area contributed by atoms with E-state index in [4.69, 9.17) is 4.74 Å². The van der Waals surface area contributed by atoms with Crippen molar-refractivity contribution in [3.05, 3.63) is 18.1 Å². The number of hydrogen-bond donors (Lipinski definition) is 0. The fourth-order valence-electron chi connectivity index (χ4n) is 2.44. The number of carbonyl (C=O) groups is 2. The Morgan fingerprint density at radius 3 is 2.48 bits per heavy atom. The van der Waals surface area contributed by atoms with Gasteiger partial charge in [0.25, 0.3) is 0 Å². The molecular formula is C16H24LiN4O4. The minimum Gasteiger partial charge on any atom is -0.464 e. The zero-order valence-corrected chi connectivity index (χ0v) is 15.8. The number of amides is 1. The van der Waals surface area contributed by atoms with Crippen LogP contribution < -0.4 is 4.90 Å². The van der Waals surface area contributed by atoms with E-state index in [9.17, 15) is 9.59 Å². The van der Waals surface area contributed by atoms with Gasteiger partial charge in [-0.15, -0.1) is 0 Å². The number of rotatable bonds is 3. The van der Waals surface area contributed by atoms with Crippen LogP contribution in [0.3, 0.4) is 0 Å². The van der Waals surface area contributed by atoms with E-state index in [1.807, 2.05) is 25.7 Å². The van der Waals surface area contributed by atoms with Crippen LogP contribution in [0.1, 0.15) is 37.7 Å². The van der Waals surface area contributed by atoms with Crippen molar-refractivity contribution in [3.63, 3.8) is 0 Å². The summed E-state index contributed by atoms with van der Waals surface area (Å²) in [7, 11) is 3.05. The summed E-state index contributed by atoms with van der Waals surface area (Å²) in [5, 5.41) is 0. The van der Waals surface area contributed by atoms with E-state index in [1.165, 1.54) is 13.3 Å². The molecule has 0 spiro atoms. The van der Waals surface area contributed by atoms with Crippen LogP contribution in [0.5, 0.6) is 0 Å². The number of carbonyl (C=O) groups excluding carboxylic acids is 2. The molecule has 2 rings (SSSR count). The largest absolute Gasteiger partial charge is 0.464 e. The maximum atomic E-state index is 12.1. The van der Waals surface area contributed by atoms with Crippen LogP contribution in [0, 0.1) is 0 Å². The average molecular weight is 343 g/mol. The second-order valence-corrected chi connectivity index (χ2v) is 6.73. The van der Waals surface area contributed by atoms with Crippen molar-refractivity contribution in [2.75, 3.05) is 32.1 Å². The van der Waals surface area contributed by atoms with Crippen LogP contribution in [0.4, 0.5) is 10.6 Å². The van der Waals surface area contributed by atoms with Crippen LogP contribution in [0.2, 0.25) is 0 Å². The van der Waals surface area contributed by atoms with E-state index in [1.54, 1.807) is 18.1 Å². The predicted molar refractivity (Wildman–Crippen MR) is 93.7 cm³/mol. The Labute approximate surface area is 160 Å². The molecule has 1 aliphatic rings. The number of hydrogen-bond acceptors (Lipinski definition) is 7. The molecule has 0 bridgehead atoms. The second-order valence-electron chi connectivity index (χ2n) is 6.73. The fourth-order valence-corrected chi connectivity index (χ4v) is 2.44. The van der Waals surface area contributed by atoms with Crippen molar-refractivity contribution in [2.45, 2.75) is 38.8 Å². The molecule has 1 aromatic heterocycles. The van der Waals surface area contributed by atoms with Crippen LogP contribution >= 0.6 is 0 Å². The molecule has 0 saturated carbocycles. The van der Waals surface area contributed by atoms with Gasteiger partial charge in [0.15, 0.2) is 5.69 Å². The van der Waals surface area contributed by atoms with Crippen LogP contribution in [0.25, 0.3) is 0 Å². The van der Waals surface area contributed by atoms with Crippen molar-refractivity contribution < 1.29 is 19.1 Å². The maximum absolute atomic E-state index is 12.1. The van der Waals surface area contributed by atoms with Crippen molar-refractivity contribution in [1.82, 2.24) is 14.9 Å². The number of anilines is 1. The molecule has 1 atom stereocenters. The van der Waals surface area contributed by atoms with E-state index in [0.717, 1.165) is 13.0 Å². The van der Waals surface area contributed by atoms with Gasteiger partial charge in [0, 0.05) is 39.0 Å². The summed E-state index contributed by atoms with van der Waals surface area (Å²) in [6.45, 7) is 6.93. The van der Waals surface area contributed by atoms with Gasteiger partial charge >= 0.3 is 12.1 Å². The molecule has 8 nitrogen and oxygen atoms in total. The third-order valence-electron chi connectivity index (χ3n) is 3.75. The van der Waals surface area contributed by atoms with Crippen molar-refractivity contribution in [2.24, 2.45) is 0 Å². The van der Waals surface area contributed by atoms with Gasteiger partial charge in [0.1, 0.15) is 11.4 Å². The van der Waals surface area contributed by atoms with Crippen LogP contribution in [-0.4, -0.2) is 84.7 Å². The van der Waals surface area contributed by atoms with E-state index in [0.29, 0.717) is 12.4 Å². The molecule has 0 N–H and O–H groups in total. The van der Waals surface area contributed by atoms with Crippen molar-refractivity contribution in [3.8, 4) is 0 Å². The normalized spacial score (nSPS) is 16.8. The molecule has 1 saturated heterocycles. The summed E-state index contributed by atoms with van der Waals surface area (Å²) in [5.41, 5.74) is -0.346. The molecule has 0 aliphatic carbocycles. The molecule has 0 unspecified atom stereocenters. The summed E-state index contributed by atoms with van der Waals surface area (Å²) in [5.74, 6) is 0.153. The zero-order valence-electron chi connectivity index (χ0n) is 15.8. The van der Waals surface area contributed by atoms with Gasteiger partial charge in [-0.25, -0.2) is 19.6 Å². The van der Waals surface area contributed by atoms with E-state index < -0.39 is 11.6 Å². The number of methoxy groups -OCH3 is 1. The Morgan fingerprint density at radius 2 is 1.96 bits per heavy atom. The van der Waals surface area contributed by atoms with Gasteiger partial charge in [-0.1, -0.05) is 0 Å². The molecule has 9 heteroatoms. The monoisotopic (exact) mass is 343 g/mol. The molecule has 1 amide bonds. The first-order valence-corrected chi connectivity index (χ1v) is 7.82. The van der Waals surface area contributed by atoms with E-state index >= 15 is 0 Å². The minimum atomic E-state index is -0.516. The van der Waals surface area contributed by atoms with Gasteiger partial charge in [-0.3, -0.25) is 0 Å². The van der Waals surface area contributed by atoms with Gasteiger partial charge in [0.2, 0.25) is 0 Å². The van der Waals surface area contributed by atoms with Crippen molar-refractivity contribution >= 4 is 36.7 Å². The fraction of sp³-hybridized carbons (Fsp3) is 0.625. The van der Waals surface area contributed by atoms with E-state index in [2.05, 4.69) is 14.7 Å². The molecule has 1 aromatic rings. The first-order chi connectivity index (χ1) is 11.2. The van der Waals surface area contributed by atoms with E-state index in [-0.39, 0.29) is 36.7 Å². The number of ether oxygens (including phenoxy) is 2.